The van der Waals surface area contributed by atoms with E-state index in [1.807, 2.05) is 18.7 Å². The van der Waals surface area contributed by atoms with Crippen LogP contribution in [0.1, 0.15) is 32.3 Å². The average molecular weight is 296 g/mol. The Hall–Kier alpha value is -1.00. The summed E-state index contributed by atoms with van der Waals surface area (Å²) in [5.41, 5.74) is 0.109. The van der Waals surface area contributed by atoms with Gasteiger partial charge in [-0.2, -0.15) is 8.78 Å². The highest BCUT2D eigenvalue weighted by Gasteiger charge is 2.35. The molecule has 2 rings (SSSR count). The fourth-order valence-electron chi connectivity index (χ4n) is 2.90. The first-order valence-electron chi connectivity index (χ1n) is 7.87. The van der Waals surface area contributed by atoms with Gasteiger partial charge in [-0.3, -0.25) is 4.90 Å². The molecule has 0 spiro atoms. The summed E-state index contributed by atoms with van der Waals surface area (Å²) in [5.74, 6) is -2.32. The van der Waals surface area contributed by atoms with Crippen LogP contribution in [0.25, 0.3) is 0 Å². The molecule has 0 aromatic heterocycles. The van der Waals surface area contributed by atoms with Gasteiger partial charge in [0, 0.05) is 18.2 Å². The van der Waals surface area contributed by atoms with Crippen LogP contribution in [0.15, 0.2) is 30.3 Å². The fourth-order valence-corrected chi connectivity index (χ4v) is 2.90. The van der Waals surface area contributed by atoms with Crippen molar-refractivity contribution in [2.45, 2.75) is 38.7 Å². The highest BCUT2D eigenvalue weighted by molar-refractivity contribution is 5.20. The number of benzene rings is 1. The molecule has 1 fully saturated rings. The lowest BCUT2D eigenvalue weighted by molar-refractivity contribution is -0.0491. The predicted octanol–water partition coefficient (Wildman–Crippen LogP) is 3.49. The third-order valence-electron chi connectivity index (χ3n) is 4.22. The van der Waals surface area contributed by atoms with Crippen molar-refractivity contribution in [1.29, 1.82) is 0 Å². The van der Waals surface area contributed by atoms with Crippen LogP contribution >= 0.6 is 0 Å². The van der Waals surface area contributed by atoms with Crippen molar-refractivity contribution < 1.29 is 8.78 Å². The van der Waals surface area contributed by atoms with Crippen molar-refractivity contribution in [2.24, 2.45) is 5.92 Å². The molecular weight excluding hydrogens is 270 g/mol. The van der Waals surface area contributed by atoms with E-state index in [9.17, 15) is 8.78 Å². The Kier molecular flexibility index (Phi) is 5.71. The molecule has 1 aliphatic heterocycles. The van der Waals surface area contributed by atoms with E-state index in [2.05, 4.69) is 5.32 Å². The van der Waals surface area contributed by atoms with E-state index >= 15 is 0 Å². The molecule has 0 saturated carbocycles. The lowest BCUT2D eigenvalue weighted by atomic mass is 9.98. The zero-order valence-corrected chi connectivity index (χ0v) is 13.0. The summed E-state index contributed by atoms with van der Waals surface area (Å²) < 4.78 is 28.9. The summed E-state index contributed by atoms with van der Waals surface area (Å²) >= 11 is 0. The van der Waals surface area contributed by atoms with Gasteiger partial charge in [-0.05, 0) is 45.7 Å². The minimum Gasteiger partial charge on any atom is -0.316 e. The number of halogens is 2. The molecule has 1 unspecified atom stereocenters. The van der Waals surface area contributed by atoms with Crippen molar-refractivity contribution in [1.82, 2.24) is 10.2 Å². The Morgan fingerprint density at radius 1 is 1.29 bits per heavy atom. The minimum atomic E-state index is -2.80. The van der Waals surface area contributed by atoms with Crippen molar-refractivity contribution in [3.8, 4) is 0 Å². The van der Waals surface area contributed by atoms with Crippen molar-refractivity contribution in [3.05, 3.63) is 35.9 Å². The Balaban J connectivity index is 2.01. The van der Waals surface area contributed by atoms with Gasteiger partial charge in [0.1, 0.15) is 0 Å². The predicted molar refractivity (Wildman–Crippen MR) is 82.6 cm³/mol. The summed E-state index contributed by atoms with van der Waals surface area (Å²) in [7, 11) is 0. The van der Waals surface area contributed by atoms with Gasteiger partial charge in [0.2, 0.25) is 0 Å². The van der Waals surface area contributed by atoms with Crippen LogP contribution in [0.2, 0.25) is 0 Å². The molecule has 0 radical (unpaired) electrons. The molecule has 21 heavy (non-hydrogen) atoms. The normalized spacial score (nSPS) is 20.2. The van der Waals surface area contributed by atoms with Crippen molar-refractivity contribution in [3.63, 3.8) is 0 Å². The largest absolute Gasteiger partial charge is 0.316 e. The van der Waals surface area contributed by atoms with Crippen LogP contribution in [0.5, 0.6) is 0 Å². The van der Waals surface area contributed by atoms with Gasteiger partial charge in [-0.15, -0.1) is 0 Å². The van der Waals surface area contributed by atoms with E-state index in [1.54, 1.807) is 18.2 Å². The van der Waals surface area contributed by atoms with Gasteiger partial charge in [-0.25, -0.2) is 0 Å². The first kappa shape index (κ1) is 16.4. The van der Waals surface area contributed by atoms with E-state index < -0.39 is 5.92 Å². The van der Waals surface area contributed by atoms with Gasteiger partial charge < -0.3 is 5.32 Å². The molecule has 1 N–H and O–H groups in total. The maximum absolute atomic E-state index is 14.5. The van der Waals surface area contributed by atoms with Crippen molar-refractivity contribution in [2.75, 3.05) is 26.2 Å². The first-order valence-corrected chi connectivity index (χ1v) is 7.87. The Bertz CT molecular complexity index is 414. The zero-order chi connectivity index (χ0) is 15.3. The molecule has 1 aliphatic rings. The molecule has 0 amide bonds. The summed E-state index contributed by atoms with van der Waals surface area (Å²) in [5, 5.41) is 3.36. The molecule has 118 valence electrons. The number of nitrogens with one attached hydrogen (secondary N) is 1. The van der Waals surface area contributed by atoms with E-state index in [-0.39, 0.29) is 18.2 Å². The quantitative estimate of drug-likeness (QED) is 0.864. The van der Waals surface area contributed by atoms with Crippen LogP contribution < -0.4 is 5.32 Å². The zero-order valence-electron chi connectivity index (χ0n) is 13.0. The van der Waals surface area contributed by atoms with E-state index in [0.717, 1.165) is 32.5 Å². The van der Waals surface area contributed by atoms with Gasteiger partial charge in [0.25, 0.3) is 5.92 Å². The molecule has 0 aliphatic carbocycles. The molecule has 1 aromatic carbocycles. The van der Waals surface area contributed by atoms with E-state index in [4.69, 9.17) is 0 Å². The Morgan fingerprint density at radius 2 is 2.00 bits per heavy atom. The molecule has 0 bridgehead atoms. The lowest BCUT2D eigenvalue weighted by Gasteiger charge is -2.35. The van der Waals surface area contributed by atoms with Crippen LogP contribution in [-0.4, -0.2) is 37.1 Å². The third kappa shape index (κ3) is 4.75. The fraction of sp³-hybridized carbons (Fsp3) is 0.647. The van der Waals surface area contributed by atoms with Gasteiger partial charge in [0.05, 0.1) is 6.54 Å². The summed E-state index contributed by atoms with van der Waals surface area (Å²) in [6.07, 6.45) is 2.28. The number of alkyl halides is 2. The van der Waals surface area contributed by atoms with Crippen LogP contribution in [-0.2, 0) is 5.92 Å². The number of piperidine rings is 1. The maximum atomic E-state index is 14.5. The standard InChI is InChI=1S/C17H26F2N2/c1-14(2)21(12-15-7-6-10-20-11-15)13-17(18,19)16-8-4-3-5-9-16/h3-5,8-9,14-15,20H,6-7,10-13H2,1-2H3. The van der Waals surface area contributed by atoms with Crippen LogP contribution in [0, 0.1) is 5.92 Å². The highest BCUT2D eigenvalue weighted by atomic mass is 19.3. The minimum absolute atomic E-state index is 0.109. The topological polar surface area (TPSA) is 15.3 Å². The number of hydrogen-bond acceptors (Lipinski definition) is 2. The van der Waals surface area contributed by atoms with Gasteiger partial charge in [0.15, 0.2) is 0 Å². The van der Waals surface area contributed by atoms with Gasteiger partial charge >= 0.3 is 0 Å². The molecule has 1 atom stereocenters. The van der Waals surface area contributed by atoms with Gasteiger partial charge in [-0.1, -0.05) is 30.3 Å². The second-order valence-corrected chi connectivity index (χ2v) is 6.31. The smallest absolute Gasteiger partial charge is 0.285 e. The Labute approximate surface area is 126 Å². The maximum Gasteiger partial charge on any atom is 0.285 e. The average Bonchev–Trinajstić information content (AvgIpc) is 2.48. The first-order chi connectivity index (χ1) is 9.99. The summed E-state index contributed by atoms with van der Waals surface area (Å²) in [6, 6.07) is 8.28. The Morgan fingerprint density at radius 3 is 2.57 bits per heavy atom. The molecular formula is C17H26F2N2. The van der Waals surface area contributed by atoms with E-state index in [1.165, 1.54) is 12.1 Å². The molecule has 1 saturated heterocycles. The number of hydrogen-bond donors (Lipinski definition) is 1. The van der Waals surface area contributed by atoms with E-state index in [0.29, 0.717) is 5.92 Å². The second-order valence-electron chi connectivity index (χ2n) is 6.31. The van der Waals surface area contributed by atoms with Crippen molar-refractivity contribution >= 4 is 0 Å². The molecule has 4 heteroatoms. The van der Waals surface area contributed by atoms with Crippen LogP contribution in [0.4, 0.5) is 8.78 Å². The molecule has 1 heterocycles. The summed E-state index contributed by atoms with van der Waals surface area (Å²) in [6.45, 7) is 6.53. The number of rotatable bonds is 6. The lowest BCUT2D eigenvalue weighted by Crippen LogP contribution is -2.45. The highest BCUT2D eigenvalue weighted by Crippen LogP contribution is 2.30. The molecule has 2 nitrogen and oxygen atoms in total. The summed E-state index contributed by atoms with van der Waals surface area (Å²) in [4.78, 5) is 1.92. The molecule has 1 aromatic rings. The number of nitrogens with zero attached hydrogens (tertiary/aromatic N) is 1. The second kappa shape index (κ2) is 7.32. The van der Waals surface area contributed by atoms with Crippen LogP contribution in [0.3, 0.4) is 0 Å². The SMILES string of the molecule is CC(C)N(CC1CCCNC1)CC(F)(F)c1ccccc1. The third-order valence-corrected chi connectivity index (χ3v) is 4.22. The monoisotopic (exact) mass is 296 g/mol.